The van der Waals surface area contributed by atoms with Gasteiger partial charge in [-0.05, 0) is 37.8 Å². The predicted octanol–water partition coefficient (Wildman–Crippen LogP) is 3.52. The van der Waals surface area contributed by atoms with E-state index in [4.69, 9.17) is 9.26 Å². The molecule has 3 rings (SSSR count). The fraction of sp³-hybridized carbons (Fsp3) is 0.500. The highest BCUT2D eigenvalue weighted by molar-refractivity contribution is 7.98. The minimum absolute atomic E-state index is 0.167. The summed E-state index contributed by atoms with van der Waals surface area (Å²) in [5, 5.41) is 6.74. The van der Waals surface area contributed by atoms with Crippen LogP contribution in [0.4, 0.5) is 0 Å². The average molecular weight is 404 g/mol. The standard InChI is InChI=1S/C20H25N3O4S/c1-13-7-3-5-9-16(13)22-18(24)11-26-20(25)15-8-4-6-10-17(15)28-12-19-21-14(2)23-27-19/h4,6,8,10,13,16H,3,5,7,9,11-12H2,1-2H3,(H,22,24). The summed E-state index contributed by atoms with van der Waals surface area (Å²) >= 11 is 1.41. The van der Waals surface area contributed by atoms with E-state index in [2.05, 4.69) is 22.4 Å². The number of esters is 1. The highest BCUT2D eigenvalue weighted by Crippen LogP contribution is 2.26. The topological polar surface area (TPSA) is 94.3 Å². The van der Waals surface area contributed by atoms with E-state index in [0.717, 1.165) is 24.2 Å². The summed E-state index contributed by atoms with van der Waals surface area (Å²) in [5.41, 5.74) is 0.419. The third kappa shape index (κ3) is 5.58. The maximum Gasteiger partial charge on any atom is 0.339 e. The molecule has 7 nitrogen and oxygen atoms in total. The van der Waals surface area contributed by atoms with Crippen LogP contribution in [0.25, 0.3) is 0 Å². The Hall–Kier alpha value is -2.35. The number of nitrogens with zero attached hydrogens (tertiary/aromatic N) is 2. The monoisotopic (exact) mass is 403 g/mol. The molecule has 0 aliphatic heterocycles. The Bertz CT molecular complexity index is 823. The molecule has 1 N–H and O–H groups in total. The number of carbonyl (C=O) groups is 2. The third-order valence-corrected chi connectivity index (χ3v) is 5.88. The van der Waals surface area contributed by atoms with Crippen molar-refractivity contribution in [3.05, 3.63) is 41.5 Å². The highest BCUT2D eigenvalue weighted by Gasteiger charge is 2.23. The lowest BCUT2D eigenvalue weighted by Gasteiger charge is -2.29. The van der Waals surface area contributed by atoms with Crippen LogP contribution in [0, 0.1) is 12.8 Å². The van der Waals surface area contributed by atoms with E-state index in [9.17, 15) is 9.59 Å². The second-order valence-corrected chi connectivity index (χ2v) is 8.05. The Morgan fingerprint density at radius 2 is 2.07 bits per heavy atom. The largest absolute Gasteiger partial charge is 0.452 e. The Kier molecular flexibility index (Phi) is 7.08. The minimum atomic E-state index is -0.517. The van der Waals surface area contributed by atoms with Gasteiger partial charge in [-0.1, -0.05) is 37.1 Å². The van der Waals surface area contributed by atoms with E-state index in [1.807, 2.05) is 12.1 Å². The zero-order valence-corrected chi connectivity index (χ0v) is 17.0. The van der Waals surface area contributed by atoms with Crippen LogP contribution in [-0.2, 0) is 15.3 Å². The fourth-order valence-electron chi connectivity index (χ4n) is 3.29. The first-order chi connectivity index (χ1) is 13.5. The number of hydrogen-bond acceptors (Lipinski definition) is 7. The highest BCUT2D eigenvalue weighted by atomic mass is 32.2. The van der Waals surface area contributed by atoms with Gasteiger partial charge in [0.15, 0.2) is 12.4 Å². The number of hydrogen-bond donors (Lipinski definition) is 1. The van der Waals surface area contributed by atoms with Crippen molar-refractivity contribution in [3.8, 4) is 0 Å². The molecule has 2 aromatic rings. The molecule has 8 heteroatoms. The van der Waals surface area contributed by atoms with E-state index in [-0.39, 0.29) is 18.6 Å². The SMILES string of the molecule is Cc1noc(CSc2ccccc2C(=O)OCC(=O)NC2CCCCC2C)n1. The number of amides is 1. The first kappa shape index (κ1) is 20.4. The van der Waals surface area contributed by atoms with Gasteiger partial charge in [-0.15, -0.1) is 11.8 Å². The molecule has 2 atom stereocenters. The van der Waals surface area contributed by atoms with Gasteiger partial charge in [0.2, 0.25) is 5.89 Å². The van der Waals surface area contributed by atoms with E-state index >= 15 is 0 Å². The van der Waals surface area contributed by atoms with Gasteiger partial charge in [0, 0.05) is 10.9 Å². The van der Waals surface area contributed by atoms with Gasteiger partial charge in [0.05, 0.1) is 11.3 Å². The summed E-state index contributed by atoms with van der Waals surface area (Å²) in [4.78, 5) is 29.5. The van der Waals surface area contributed by atoms with Gasteiger partial charge in [0.1, 0.15) is 0 Å². The first-order valence-corrected chi connectivity index (χ1v) is 10.5. The van der Waals surface area contributed by atoms with Crippen LogP contribution in [0.2, 0.25) is 0 Å². The molecular weight excluding hydrogens is 378 g/mol. The Morgan fingerprint density at radius 3 is 2.82 bits per heavy atom. The Balaban J connectivity index is 1.53. The molecule has 1 aromatic heterocycles. The van der Waals surface area contributed by atoms with Crippen LogP contribution < -0.4 is 5.32 Å². The number of benzene rings is 1. The number of aryl methyl sites for hydroxylation is 1. The van der Waals surface area contributed by atoms with E-state index in [1.54, 1.807) is 19.1 Å². The zero-order chi connectivity index (χ0) is 19.9. The summed E-state index contributed by atoms with van der Waals surface area (Å²) in [6.07, 6.45) is 4.43. The Labute approximate surface area is 168 Å². The number of ether oxygens (including phenoxy) is 1. The second kappa shape index (κ2) is 9.73. The van der Waals surface area contributed by atoms with Crippen molar-refractivity contribution in [2.45, 2.75) is 56.2 Å². The molecule has 1 aliphatic carbocycles. The molecular formula is C20H25N3O4S. The average Bonchev–Trinajstić information content (AvgIpc) is 3.12. The second-order valence-electron chi connectivity index (χ2n) is 7.03. The van der Waals surface area contributed by atoms with Gasteiger partial charge in [0.25, 0.3) is 5.91 Å². The van der Waals surface area contributed by atoms with E-state index in [0.29, 0.717) is 28.9 Å². The van der Waals surface area contributed by atoms with E-state index in [1.165, 1.54) is 18.2 Å². The van der Waals surface area contributed by atoms with Gasteiger partial charge >= 0.3 is 5.97 Å². The molecule has 1 heterocycles. The lowest BCUT2D eigenvalue weighted by atomic mass is 9.86. The number of carbonyl (C=O) groups excluding carboxylic acids is 2. The molecule has 28 heavy (non-hydrogen) atoms. The third-order valence-electron chi connectivity index (χ3n) is 4.82. The van der Waals surface area contributed by atoms with Crippen LogP contribution in [0.3, 0.4) is 0 Å². The number of aromatic nitrogens is 2. The van der Waals surface area contributed by atoms with Gasteiger partial charge < -0.3 is 14.6 Å². The molecule has 0 radical (unpaired) electrons. The number of nitrogens with one attached hydrogen (secondary N) is 1. The van der Waals surface area contributed by atoms with Gasteiger partial charge in [-0.3, -0.25) is 4.79 Å². The van der Waals surface area contributed by atoms with Crippen LogP contribution in [0.15, 0.2) is 33.7 Å². The molecule has 1 aliphatic rings. The Morgan fingerprint density at radius 1 is 1.29 bits per heavy atom. The fourth-order valence-corrected chi connectivity index (χ4v) is 4.17. The molecule has 1 amide bonds. The van der Waals surface area contributed by atoms with Crippen molar-refractivity contribution < 1.29 is 18.8 Å². The van der Waals surface area contributed by atoms with Crippen molar-refractivity contribution in [3.63, 3.8) is 0 Å². The first-order valence-electron chi connectivity index (χ1n) is 9.50. The van der Waals surface area contributed by atoms with Crippen LogP contribution in [0.5, 0.6) is 0 Å². The molecule has 0 saturated heterocycles. The van der Waals surface area contributed by atoms with Gasteiger partial charge in [-0.25, -0.2) is 4.79 Å². The quantitative estimate of drug-likeness (QED) is 0.558. The summed E-state index contributed by atoms with van der Waals surface area (Å²) in [5.74, 6) is 1.20. The smallest absolute Gasteiger partial charge is 0.339 e. The summed E-state index contributed by atoms with van der Waals surface area (Å²) in [6, 6.07) is 7.29. The van der Waals surface area contributed by atoms with E-state index < -0.39 is 5.97 Å². The summed E-state index contributed by atoms with van der Waals surface area (Å²) in [6.45, 7) is 3.63. The lowest BCUT2D eigenvalue weighted by Crippen LogP contribution is -2.42. The summed E-state index contributed by atoms with van der Waals surface area (Å²) < 4.78 is 10.3. The van der Waals surface area contributed by atoms with Crippen LogP contribution in [-0.4, -0.2) is 34.7 Å². The van der Waals surface area contributed by atoms with Crippen molar-refractivity contribution in [1.82, 2.24) is 15.5 Å². The molecule has 150 valence electrons. The minimum Gasteiger partial charge on any atom is -0.452 e. The molecule has 1 aromatic carbocycles. The van der Waals surface area contributed by atoms with Crippen LogP contribution in [0.1, 0.15) is 54.7 Å². The number of thioether (sulfide) groups is 1. The van der Waals surface area contributed by atoms with Crippen molar-refractivity contribution in [2.24, 2.45) is 5.92 Å². The summed E-state index contributed by atoms with van der Waals surface area (Å²) in [7, 11) is 0. The van der Waals surface area contributed by atoms with Crippen molar-refractivity contribution in [1.29, 1.82) is 0 Å². The number of rotatable bonds is 7. The van der Waals surface area contributed by atoms with Crippen molar-refractivity contribution in [2.75, 3.05) is 6.61 Å². The maximum atomic E-state index is 12.5. The van der Waals surface area contributed by atoms with Crippen molar-refractivity contribution >= 4 is 23.6 Å². The molecule has 1 fully saturated rings. The maximum absolute atomic E-state index is 12.5. The zero-order valence-electron chi connectivity index (χ0n) is 16.1. The molecule has 0 bridgehead atoms. The molecule has 2 unspecified atom stereocenters. The van der Waals surface area contributed by atoms with Crippen LogP contribution >= 0.6 is 11.8 Å². The molecule has 0 spiro atoms. The lowest BCUT2D eigenvalue weighted by molar-refractivity contribution is -0.125. The normalized spacial score (nSPS) is 19.2. The molecule has 1 saturated carbocycles. The van der Waals surface area contributed by atoms with Gasteiger partial charge in [-0.2, -0.15) is 4.98 Å². The predicted molar refractivity (Wildman–Crippen MR) is 105 cm³/mol.